The Morgan fingerprint density at radius 3 is 2.76 bits per heavy atom. The van der Waals surface area contributed by atoms with Gasteiger partial charge in [0.05, 0.1) is 17.6 Å². The molecule has 2 heterocycles. The Kier molecular flexibility index (Phi) is 6.95. The maximum Gasteiger partial charge on any atom is 0.254 e. The van der Waals surface area contributed by atoms with Gasteiger partial charge in [-0.3, -0.25) is 14.5 Å². The van der Waals surface area contributed by atoms with Gasteiger partial charge in [-0.2, -0.15) is 0 Å². The fourth-order valence-electron chi connectivity index (χ4n) is 4.45. The Morgan fingerprint density at radius 2 is 2.06 bits per heavy atom. The predicted octanol–water partition coefficient (Wildman–Crippen LogP) is 4.95. The number of likely N-dealkylation sites (tertiary alicyclic amines) is 1. The molecule has 1 aromatic heterocycles. The number of nitrogens with two attached hydrogens (primary N) is 1. The highest BCUT2D eigenvalue weighted by Gasteiger charge is 2.31. The van der Waals surface area contributed by atoms with Gasteiger partial charge in [0.2, 0.25) is 0 Å². The molecule has 1 fully saturated rings. The van der Waals surface area contributed by atoms with Gasteiger partial charge >= 0.3 is 0 Å². The quantitative estimate of drug-likeness (QED) is 0.539. The molecule has 2 atom stereocenters. The summed E-state index contributed by atoms with van der Waals surface area (Å²) < 4.78 is 15.1. The van der Waals surface area contributed by atoms with Crippen LogP contribution in [0.3, 0.4) is 0 Å². The molecule has 176 valence electrons. The molecule has 2 aromatic carbocycles. The summed E-state index contributed by atoms with van der Waals surface area (Å²) >= 11 is 6.03. The zero-order chi connectivity index (χ0) is 24.4. The van der Waals surface area contributed by atoms with Crippen LogP contribution in [0.2, 0.25) is 5.02 Å². The first-order chi connectivity index (χ1) is 16.3. The van der Waals surface area contributed by atoms with Crippen LogP contribution >= 0.6 is 11.6 Å². The van der Waals surface area contributed by atoms with Crippen molar-refractivity contribution in [2.45, 2.75) is 31.8 Å². The molecule has 1 aliphatic rings. The van der Waals surface area contributed by atoms with Crippen molar-refractivity contribution in [3.8, 4) is 11.1 Å². The third-order valence-electron chi connectivity index (χ3n) is 6.19. The molecule has 1 saturated heterocycles. The molecule has 0 unspecified atom stereocenters. The molecule has 4 rings (SSSR count). The fourth-order valence-corrected chi connectivity index (χ4v) is 4.65. The molecule has 3 N–H and O–H groups in total. The number of aromatic nitrogens is 1. The Morgan fingerprint density at radius 1 is 1.26 bits per heavy atom. The Hall–Kier alpha value is -3.29. The van der Waals surface area contributed by atoms with Crippen LogP contribution in [0, 0.1) is 5.82 Å². The number of piperidine rings is 1. The third kappa shape index (κ3) is 4.81. The van der Waals surface area contributed by atoms with Crippen LogP contribution in [-0.2, 0) is 4.79 Å². The summed E-state index contributed by atoms with van der Waals surface area (Å²) in [7, 11) is 1.89. The van der Waals surface area contributed by atoms with Crippen molar-refractivity contribution < 1.29 is 14.0 Å². The SMILES string of the molecule is C[C@@H](NC(=O)c1ccc(-c2c([C@H]3C(=O)CCCN3C)ccnc2N)cc1F)c1cccc(Cl)c1. The van der Waals surface area contributed by atoms with Gasteiger partial charge in [0, 0.05) is 23.2 Å². The van der Waals surface area contributed by atoms with E-state index in [9.17, 15) is 9.59 Å². The van der Waals surface area contributed by atoms with Crippen molar-refractivity contribution in [2.75, 3.05) is 19.3 Å². The zero-order valence-corrected chi connectivity index (χ0v) is 19.8. The lowest BCUT2D eigenvalue weighted by Crippen LogP contribution is -2.36. The van der Waals surface area contributed by atoms with E-state index in [2.05, 4.69) is 10.3 Å². The topological polar surface area (TPSA) is 88.3 Å². The van der Waals surface area contributed by atoms with E-state index in [1.165, 1.54) is 12.1 Å². The van der Waals surface area contributed by atoms with Crippen LogP contribution in [0.4, 0.5) is 10.2 Å². The van der Waals surface area contributed by atoms with Crippen LogP contribution < -0.4 is 11.1 Å². The molecule has 0 spiro atoms. The van der Waals surface area contributed by atoms with Crippen molar-refractivity contribution in [2.24, 2.45) is 0 Å². The van der Waals surface area contributed by atoms with Gasteiger partial charge in [-0.05, 0) is 74.0 Å². The van der Waals surface area contributed by atoms with Gasteiger partial charge in [0.1, 0.15) is 11.6 Å². The lowest BCUT2D eigenvalue weighted by Gasteiger charge is -2.32. The summed E-state index contributed by atoms with van der Waals surface area (Å²) in [4.78, 5) is 31.6. The van der Waals surface area contributed by atoms with Crippen molar-refractivity contribution in [1.82, 2.24) is 15.2 Å². The van der Waals surface area contributed by atoms with Crippen molar-refractivity contribution in [3.63, 3.8) is 0 Å². The first kappa shape index (κ1) is 23.9. The van der Waals surface area contributed by atoms with Crippen LogP contribution in [0.1, 0.15) is 53.3 Å². The molecule has 34 heavy (non-hydrogen) atoms. The van der Waals surface area contributed by atoms with Crippen LogP contribution in [0.15, 0.2) is 54.7 Å². The number of nitrogen functional groups attached to an aromatic ring is 1. The number of hydrogen-bond donors (Lipinski definition) is 2. The van der Waals surface area contributed by atoms with Gasteiger partial charge in [0.25, 0.3) is 5.91 Å². The molecule has 0 bridgehead atoms. The first-order valence-corrected chi connectivity index (χ1v) is 11.5. The van der Waals surface area contributed by atoms with Gasteiger partial charge in [-0.15, -0.1) is 0 Å². The number of rotatable bonds is 5. The standard InChI is InChI=1S/C26H26ClFN4O2/c1-15(16-5-3-6-18(27)13-16)31-26(34)19-9-8-17(14-21(19)28)23-20(10-11-30-25(23)29)24-22(33)7-4-12-32(24)2/h3,5-6,8-11,13-15,24H,4,7,12H2,1-2H3,(H2,29,30)(H,31,34)/t15-,24+/m1/s1. The lowest BCUT2D eigenvalue weighted by atomic mass is 9.89. The Balaban J connectivity index is 1.64. The third-order valence-corrected chi connectivity index (χ3v) is 6.42. The van der Waals surface area contributed by atoms with Gasteiger partial charge in [-0.25, -0.2) is 9.37 Å². The smallest absolute Gasteiger partial charge is 0.254 e. The average molecular weight is 481 g/mol. The van der Waals surface area contributed by atoms with E-state index in [1.807, 2.05) is 18.0 Å². The van der Waals surface area contributed by atoms with E-state index < -0.39 is 17.8 Å². The normalized spacial score (nSPS) is 17.4. The number of anilines is 1. The lowest BCUT2D eigenvalue weighted by molar-refractivity contribution is -0.126. The molecule has 1 amide bonds. The average Bonchev–Trinajstić information content (AvgIpc) is 2.79. The number of ketones is 1. The maximum absolute atomic E-state index is 15.1. The summed E-state index contributed by atoms with van der Waals surface area (Å²) in [6, 6.07) is 12.4. The number of amides is 1. The molecule has 6 nitrogen and oxygen atoms in total. The molecule has 0 saturated carbocycles. The van der Waals surface area contributed by atoms with Crippen molar-refractivity contribution >= 4 is 29.1 Å². The number of nitrogens with one attached hydrogen (secondary N) is 1. The van der Waals surface area contributed by atoms with Crippen LogP contribution in [-0.4, -0.2) is 35.2 Å². The number of benzene rings is 2. The number of pyridine rings is 1. The number of carbonyl (C=O) groups excluding carboxylic acids is 2. The fraction of sp³-hybridized carbons (Fsp3) is 0.269. The van der Waals surface area contributed by atoms with E-state index in [0.29, 0.717) is 28.1 Å². The van der Waals surface area contributed by atoms with E-state index in [1.54, 1.807) is 43.5 Å². The molecule has 3 aromatic rings. The molecule has 0 aliphatic carbocycles. The maximum atomic E-state index is 15.1. The Labute approximate surface area is 202 Å². The number of nitrogens with zero attached hydrogens (tertiary/aromatic N) is 2. The summed E-state index contributed by atoms with van der Waals surface area (Å²) in [6.07, 6.45) is 2.84. The molecule has 0 radical (unpaired) electrons. The van der Waals surface area contributed by atoms with Crippen molar-refractivity contribution in [1.29, 1.82) is 0 Å². The second-order valence-corrected chi connectivity index (χ2v) is 8.99. The summed E-state index contributed by atoms with van der Waals surface area (Å²) in [5.41, 5.74) is 8.57. The largest absolute Gasteiger partial charge is 0.383 e. The zero-order valence-electron chi connectivity index (χ0n) is 19.0. The minimum atomic E-state index is -0.689. The number of hydrogen-bond acceptors (Lipinski definition) is 5. The number of Topliss-reactive ketones (excluding diaryl/α,β-unsaturated/α-hetero) is 1. The Bertz CT molecular complexity index is 1250. The van der Waals surface area contributed by atoms with Gasteiger partial charge in [0.15, 0.2) is 5.78 Å². The number of carbonyl (C=O) groups is 2. The van der Waals surface area contributed by atoms with E-state index >= 15 is 4.39 Å². The molecular weight excluding hydrogens is 455 g/mol. The van der Waals surface area contributed by atoms with Gasteiger partial charge in [-0.1, -0.05) is 29.8 Å². The molecule has 1 aliphatic heterocycles. The minimum absolute atomic E-state index is 0.0899. The summed E-state index contributed by atoms with van der Waals surface area (Å²) in [5.74, 6) is -0.938. The summed E-state index contributed by atoms with van der Waals surface area (Å²) in [5, 5.41) is 3.36. The summed E-state index contributed by atoms with van der Waals surface area (Å²) in [6.45, 7) is 2.58. The monoisotopic (exact) mass is 480 g/mol. The molecule has 8 heteroatoms. The molecular formula is C26H26ClFN4O2. The van der Waals surface area contributed by atoms with E-state index in [-0.39, 0.29) is 23.2 Å². The highest BCUT2D eigenvalue weighted by molar-refractivity contribution is 6.30. The van der Waals surface area contributed by atoms with Crippen LogP contribution in [0.5, 0.6) is 0 Å². The highest BCUT2D eigenvalue weighted by atomic mass is 35.5. The first-order valence-electron chi connectivity index (χ1n) is 11.1. The van der Waals surface area contributed by atoms with Gasteiger partial charge < -0.3 is 11.1 Å². The highest BCUT2D eigenvalue weighted by Crippen LogP contribution is 2.37. The number of halogens is 2. The van der Waals surface area contributed by atoms with E-state index in [4.69, 9.17) is 17.3 Å². The minimum Gasteiger partial charge on any atom is -0.383 e. The van der Waals surface area contributed by atoms with Crippen LogP contribution in [0.25, 0.3) is 11.1 Å². The second-order valence-electron chi connectivity index (χ2n) is 8.56. The predicted molar refractivity (Wildman–Crippen MR) is 131 cm³/mol. The van der Waals surface area contributed by atoms with Crippen molar-refractivity contribution in [3.05, 3.63) is 82.3 Å². The second kappa shape index (κ2) is 9.91. The number of likely N-dealkylation sites (N-methyl/N-ethyl adjacent to an activating group) is 1. The van der Waals surface area contributed by atoms with E-state index in [0.717, 1.165) is 18.5 Å².